The first kappa shape index (κ1) is 13.4. The molecule has 1 heterocycles. The van der Waals surface area contributed by atoms with E-state index in [0.717, 1.165) is 0 Å². The van der Waals surface area contributed by atoms with Crippen molar-refractivity contribution in [2.24, 2.45) is 5.92 Å². The van der Waals surface area contributed by atoms with Crippen molar-refractivity contribution in [2.45, 2.75) is 6.92 Å². The summed E-state index contributed by atoms with van der Waals surface area (Å²) in [7, 11) is 0. The Labute approximate surface area is 99.2 Å². The smallest absolute Gasteiger partial charge is 0.309 e. The van der Waals surface area contributed by atoms with E-state index in [9.17, 15) is 14.4 Å². The first-order valence-electron chi connectivity index (χ1n) is 5.45. The topological polar surface area (TPSA) is 98.7 Å². The maximum Gasteiger partial charge on any atom is 0.309 e. The van der Waals surface area contributed by atoms with Gasteiger partial charge < -0.3 is 15.7 Å². The minimum absolute atomic E-state index is 0.133. The van der Waals surface area contributed by atoms with Gasteiger partial charge in [-0.1, -0.05) is 0 Å². The number of hydrogen-bond donors (Lipinski definition) is 3. The zero-order chi connectivity index (χ0) is 12.8. The minimum Gasteiger partial charge on any atom is -0.481 e. The average molecular weight is 243 g/mol. The molecule has 0 aromatic rings. The molecule has 0 spiro atoms. The lowest BCUT2D eigenvalue weighted by molar-refractivity contribution is -0.148. The van der Waals surface area contributed by atoms with Crippen LogP contribution in [0.3, 0.4) is 0 Å². The van der Waals surface area contributed by atoms with E-state index in [0.29, 0.717) is 26.2 Å². The van der Waals surface area contributed by atoms with Crippen molar-refractivity contribution >= 4 is 17.8 Å². The summed E-state index contributed by atoms with van der Waals surface area (Å²) in [6.07, 6.45) is 0. The molecule has 96 valence electrons. The van der Waals surface area contributed by atoms with Gasteiger partial charge in [-0.2, -0.15) is 0 Å². The molecule has 1 fully saturated rings. The molecule has 3 N–H and O–H groups in total. The molecule has 0 unspecified atom stereocenters. The predicted molar refractivity (Wildman–Crippen MR) is 59.3 cm³/mol. The molecule has 2 amide bonds. The second kappa shape index (κ2) is 6.19. The van der Waals surface area contributed by atoms with E-state index >= 15 is 0 Å². The molecular weight excluding hydrogens is 226 g/mol. The van der Waals surface area contributed by atoms with Crippen LogP contribution in [0.1, 0.15) is 6.92 Å². The molecule has 1 rings (SSSR count). The van der Waals surface area contributed by atoms with Crippen LogP contribution in [0.2, 0.25) is 0 Å². The fourth-order valence-corrected chi connectivity index (χ4v) is 1.55. The average Bonchev–Trinajstić information content (AvgIpc) is 2.16. The van der Waals surface area contributed by atoms with Gasteiger partial charge in [-0.05, 0) is 0 Å². The van der Waals surface area contributed by atoms with Gasteiger partial charge in [0.1, 0.15) is 0 Å². The van der Waals surface area contributed by atoms with Crippen molar-refractivity contribution in [1.29, 1.82) is 0 Å². The van der Waals surface area contributed by atoms with Crippen LogP contribution in [0.4, 0.5) is 0 Å². The zero-order valence-corrected chi connectivity index (χ0v) is 9.73. The molecule has 1 saturated heterocycles. The summed E-state index contributed by atoms with van der Waals surface area (Å²) in [5, 5.41) is 13.8. The Bertz CT molecular complexity index is 313. The van der Waals surface area contributed by atoms with Crippen LogP contribution in [-0.4, -0.2) is 60.5 Å². The second-order valence-electron chi connectivity index (χ2n) is 4.06. The van der Waals surface area contributed by atoms with E-state index in [1.807, 2.05) is 0 Å². The number of carboxylic acid groups (broad SMARTS) is 1. The number of hydrogen-bond acceptors (Lipinski definition) is 4. The molecule has 0 radical (unpaired) electrons. The van der Waals surface area contributed by atoms with Crippen molar-refractivity contribution in [3.05, 3.63) is 0 Å². The van der Waals surface area contributed by atoms with Crippen molar-refractivity contribution in [3.8, 4) is 0 Å². The fourth-order valence-electron chi connectivity index (χ4n) is 1.55. The van der Waals surface area contributed by atoms with E-state index in [4.69, 9.17) is 5.11 Å². The van der Waals surface area contributed by atoms with Gasteiger partial charge in [-0.25, -0.2) is 0 Å². The van der Waals surface area contributed by atoms with E-state index in [1.165, 1.54) is 6.92 Å². The van der Waals surface area contributed by atoms with Crippen molar-refractivity contribution in [2.75, 3.05) is 32.7 Å². The lowest BCUT2D eigenvalue weighted by Crippen LogP contribution is -2.53. The highest BCUT2D eigenvalue weighted by molar-refractivity contribution is 5.79. The van der Waals surface area contributed by atoms with Crippen LogP contribution in [0.15, 0.2) is 0 Å². The molecule has 1 aliphatic rings. The summed E-state index contributed by atoms with van der Waals surface area (Å²) < 4.78 is 0. The van der Waals surface area contributed by atoms with Gasteiger partial charge in [0.05, 0.1) is 12.5 Å². The first-order valence-corrected chi connectivity index (χ1v) is 5.45. The van der Waals surface area contributed by atoms with Crippen LogP contribution in [-0.2, 0) is 14.4 Å². The number of likely N-dealkylation sites (tertiary alicyclic amines) is 1. The normalized spacial score (nSPS) is 16.1. The summed E-state index contributed by atoms with van der Waals surface area (Å²) in [5.41, 5.74) is 0. The summed E-state index contributed by atoms with van der Waals surface area (Å²) >= 11 is 0. The first-order chi connectivity index (χ1) is 7.99. The van der Waals surface area contributed by atoms with E-state index < -0.39 is 5.97 Å². The van der Waals surface area contributed by atoms with Crippen molar-refractivity contribution in [1.82, 2.24) is 15.5 Å². The fraction of sp³-hybridized carbons (Fsp3) is 0.700. The van der Waals surface area contributed by atoms with Crippen molar-refractivity contribution < 1.29 is 19.5 Å². The molecule has 17 heavy (non-hydrogen) atoms. The Morgan fingerprint density at radius 1 is 1.24 bits per heavy atom. The highest BCUT2D eigenvalue weighted by Crippen LogP contribution is 2.14. The standard InChI is InChI=1S/C10H17N3O4/c1-7(14)11-2-3-12-9(15)6-13-4-8(5-13)10(16)17/h8H,2-6H2,1H3,(H,11,14)(H,12,15)(H,16,17). The largest absolute Gasteiger partial charge is 0.481 e. The van der Waals surface area contributed by atoms with Gasteiger partial charge in [0.15, 0.2) is 0 Å². The van der Waals surface area contributed by atoms with Crippen LogP contribution in [0.25, 0.3) is 0 Å². The zero-order valence-electron chi connectivity index (χ0n) is 9.73. The number of nitrogens with zero attached hydrogens (tertiary/aromatic N) is 1. The third-order valence-corrected chi connectivity index (χ3v) is 2.49. The van der Waals surface area contributed by atoms with Gasteiger partial charge >= 0.3 is 5.97 Å². The predicted octanol–water partition coefficient (Wildman–Crippen LogP) is -1.74. The molecule has 7 nitrogen and oxygen atoms in total. The second-order valence-corrected chi connectivity index (χ2v) is 4.06. The minimum atomic E-state index is -0.813. The van der Waals surface area contributed by atoms with Crippen LogP contribution in [0.5, 0.6) is 0 Å². The quantitative estimate of drug-likeness (QED) is 0.481. The molecule has 0 saturated carbocycles. The van der Waals surface area contributed by atoms with E-state index in [-0.39, 0.29) is 24.3 Å². The molecule has 0 aliphatic carbocycles. The Morgan fingerprint density at radius 2 is 1.82 bits per heavy atom. The van der Waals surface area contributed by atoms with Crippen LogP contribution >= 0.6 is 0 Å². The van der Waals surface area contributed by atoms with Gasteiger partial charge in [-0.3, -0.25) is 19.3 Å². The monoisotopic (exact) mass is 243 g/mol. The van der Waals surface area contributed by atoms with Gasteiger partial charge in [0, 0.05) is 33.1 Å². The van der Waals surface area contributed by atoms with Crippen LogP contribution in [0, 0.1) is 5.92 Å². The lowest BCUT2D eigenvalue weighted by atomic mass is 10.0. The van der Waals surface area contributed by atoms with Gasteiger partial charge in [0.25, 0.3) is 0 Å². The Morgan fingerprint density at radius 3 is 2.35 bits per heavy atom. The number of carboxylic acids is 1. The maximum absolute atomic E-state index is 11.4. The third-order valence-electron chi connectivity index (χ3n) is 2.49. The molecular formula is C10H17N3O4. The summed E-state index contributed by atoms with van der Waals surface area (Å²) in [4.78, 5) is 34.2. The van der Waals surface area contributed by atoms with Crippen LogP contribution < -0.4 is 10.6 Å². The number of carbonyl (C=O) groups excluding carboxylic acids is 2. The molecule has 1 aliphatic heterocycles. The molecule has 0 atom stereocenters. The Balaban J connectivity index is 2.03. The molecule has 0 bridgehead atoms. The molecule has 0 aromatic carbocycles. The third kappa shape index (κ3) is 4.81. The van der Waals surface area contributed by atoms with E-state index in [1.54, 1.807) is 4.90 Å². The summed E-state index contributed by atoms with van der Waals surface area (Å²) in [5.74, 6) is -1.44. The highest BCUT2D eigenvalue weighted by atomic mass is 16.4. The maximum atomic E-state index is 11.4. The van der Waals surface area contributed by atoms with Gasteiger partial charge in [0.2, 0.25) is 11.8 Å². The number of carbonyl (C=O) groups is 3. The van der Waals surface area contributed by atoms with E-state index in [2.05, 4.69) is 10.6 Å². The Hall–Kier alpha value is -1.63. The highest BCUT2D eigenvalue weighted by Gasteiger charge is 2.33. The number of nitrogens with one attached hydrogen (secondary N) is 2. The number of rotatable bonds is 6. The summed E-state index contributed by atoms with van der Waals surface area (Å²) in [6, 6.07) is 0. The van der Waals surface area contributed by atoms with Gasteiger partial charge in [-0.15, -0.1) is 0 Å². The molecule has 0 aromatic heterocycles. The lowest BCUT2D eigenvalue weighted by Gasteiger charge is -2.35. The Kier molecular flexibility index (Phi) is 4.89. The number of amides is 2. The summed E-state index contributed by atoms with van der Waals surface area (Å²) in [6.45, 7) is 3.26. The van der Waals surface area contributed by atoms with Crippen molar-refractivity contribution in [3.63, 3.8) is 0 Å². The number of aliphatic carboxylic acids is 1. The SMILES string of the molecule is CC(=O)NCCNC(=O)CN1CC(C(=O)O)C1. The molecule has 7 heteroatoms.